The van der Waals surface area contributed by atoms with Crippen molar-refractivity contribution in [1.29, 1.82) is 0 Å². The monoisotopic (exact) mass is 439 g/mol. The van der Waals surface area contributed by atoms with Gasteiger partial charge in [-0.1, -0.05) is 38.0 Å². The number of unbranched alkanes of at least 4 members (excludes halogenated alkanes) is 4. The largest absolute Gasteiger partial charge is 0.462 e. The molecule has 0 fully saturated rings. The van der Waals surface area contributed by atoms with Crippen LogP contribution in [0.25, 0.3) is 22.1 Å². The van der Waals surface area contributed by atoms with Gasteiger partial charge in [-0.2, -0.15) is 0 Å². The number of fused-ring (bicyclic) bond motifs is 1. The summed E-state index contributed by atoms with van der Waals surface area (Å²) >= 11 is 0. The number of carbonyl (C=O) groups excluding carboxylic acids is 1. The molecule has 3 aromatic rings. The molecule has 7 heteroatoms. The van der Waals surface area contributed by atoms with Crippen LogP contribution in [0, 0.1) is 5.82 Å². The zero-order chi connectivity index (χ0) is 23.1. The number of pyridine rings is 1. The van der Waals surface area contributed by atoms with E-state index in [1.165, 1.54) is 24.3 Å². The van der Waals surface area contributed by atoms with Crippen LogP contribution in [-0.4, -0.2) is 17.1 Å². The quantitative estimate of drug-likeness (QED) is 0.257. The molecule has 0 aliphatic heterocycles. The third-order valence-corrected chi connectivity index (χ3v) is 5.10. The highest BCUT2D eigenvalue weighted by Crippen LogP contribution is 2.21. The Morgan fingerprint density at radius 3 is 2.59 bits per heavy atom. The fourth-order valence-electron chi connectivity index (χ4n) is 3.37. The highest BCUT2D eigenvalue weighted by atomic mass is 19.1. The molecule has 0 bridgehead atoms. The summed E-state index contributed by atoms with van der Waals surface area (Å²) in [6.07, 6.45) is 6.09. The van der Waals surface area contributed by atoms with Crippen molar-refractivity contribution in [2.24, 2.45) is 0 Å². The summed E-state index contributed by atoms with van der Waals surface area (Å²) in [4.78, 5) is 36.0. The molecule has 0 saturated heterocycles. The number of halogens is 1. The minimum absolute atomic E-state index is 0.209. The molecule has 0 atom stereocenters. The Balaban J connectivity index is 1.59. The van der Waals surface area contributed by atoms with Gasteiger partial charge >= 0.3 is 11.6 Å². The average Bonchev–Trinajstić information content (AvgIpc) is 2.75. The summed E-state index contributed by atoms with van der Waals surface area (Å²) in [5.74, 6) is -0.807. The number of benzene rings is 1. The molecule has 0 aliphatic rings. The number of aryl methyl sites for hydroxylation is 1. The molecule has 2 heterocycles. The van der Waals surface area contributed by atoms with E-state index < -0.39 is 11.4 Å². The van der Waals surface area contributed by atoms with E-state index in [4.69, 9.17) is 9.15 Å². The summed E-state index contributed by atoms with van der Waals surface area (Å²) < 4.78 is 25.5. The van der Waals surface area contributed by atoms with Gasteiger partial charge in [0.15, 0.2) is 0 Å². The minimum Gasteiger partial charge on any atom is -0.462 e. The van der Waals surface area contributed by atoms with Crippen LogP contribution in [0.3, 0.4) is 0 Å². The molecule has 0 aliphatic carbocycles. The first-order chi connectivity index (χ1) is 15.3. The third kappa shape index (κ3) is 6.03. The first-order valence-electron chi connectivity index (χ1n) is 10.6. The lowest BCUT2D eigenvalue weighted by Crippen LogP contribution is -2.19. The smallest absolute Gasteiger partial charge is 0.344 e. The van der Waals surface area contributed by atoms with Gasteiger partial charge in [-0.25, -0.2) is 14.0 Å². The van der Waals surface area contributed by atoms with Crippen molar-refractivity contribution in [2.45, 2.75) is 45.6 Å². The zero-order valence-electron chi connectivity index (χ0n) is 18.1. The van der Waals surface area contributed by atoms with Crippen LogP contribution >= 0.6 is 0 Å². The number of hydrogen-bond donors (Lipinski definition) is 0. The Kier molecular flexibility index (Phi) is 7.76. The zero-order valence-corrected chi connectivity index (χ0v) is 18.1. The Morgan fingerprint density at radius 2 is 1.84 bits per heavy atom. The van der Waals surface area contributed by atoms with Gasteiger partial charge in [0.05, 0.1) is 12.2 Å². The minimum atomic E-state index is -0.616. The summed E-state index contributed by atoms with van der Waals surface area (Å²) in [7, 11) is 0. The van der Waals surface area contributed by atoms with Crippen molar-refractivity contribution in [2.75, 3.05) is 6.61 Å². The molecule has 0 N–H and O–H groups in total. The summed E-state index contributed by atoms with van der Waals surface area (Å²) in [6, 6.07) is 8.67. The molecule has 0 spiro atoms. The van der Waals surface area contributed by atoms with Crippen molar-refractivity contribution in [3.05, 3.63) is 81.3 Å². The van der Waals surface area contributed by atoms with Crippen molar-refractivity contribution >= 4 is 16.9 Å². The molecule has 0 unspecified atom stereocenters. The van der Waals surface area contributed by atoms with E-state index in [9.17, 15) is 18.8 Å². The summed E-state index contributed by atoms with van der Waals surface area (Å²) in [5, 5.41) is 0.600. The third-order valence-electron chi connectivity index (χ3n) is 5.10. The molecule has 0 amide bonds. The number of aromatic nitrogens is 1. The predicted octanol–water partition coefficient (Wildman–Crippen LogP) is 4.83. The SMILES string of the molecule is C=C(C)C(=O)OCCCCCCCn1cc2cc(-c3cccc(F)c3)c(=O)oc2cc1=O. The normalized spacial score (nSPS) is 10.9. The molecular weight excluding hydrogens is 413 g/mol. The van der Waals surface area contributed by atoms with E-state index in [1.807, 2.05) is 0 Å². The van der Waals surface area contributed by atoms with E-state index in [0.29, 0.717) is 29.7 Å². The predicted molar refractivity (Wildman–Crippen MR) is 121 cm³/mol. The van der Waals surface area contributed by atoms with Gasteiger partial charge in [0.1, 0.15) is 11.4 Å². The number of carbonyl (C=O) groups is 1. The second-order valence-corrected chi connectivity index (χ2v) is 7.77. The van der Waals surface area contributed by atoms with Crippen LogP contribution in [0.4, 0.5) is 4.39 Å². The number of rotatable bonds is 10. The van der Waals surface area contributed by atoms with E-state index >= 15 is 0 Å². The second-order valence-electron chi connectivity index (χ2n) is 7.77. The fourth-order valence-corrected chi connectivity index (χ4v) is 3.37. The Morgan fingerprint density at radius 1 is 1.09 bits per heavy atom. The molecule has 2 aromatic heterocycles. The lowest BCUT2D eigenvalue weighted by atomic mass is 10.1. The maximum atomic E-state index is 13.6. The maximum Gasteiger partial charge on any atom is 0.344 e. The lowest BCUT2D eigenvalue weighted by molar-refractivity contribution is -0.139. The van der Waals surface area contributed by atoms with Crippen LogP contribution in [0.5, 0.6) is 0 Å². The molecule has 32 heavy (non-hydrogen) atoms. The molecule has 3 rings (SSSR count). The van der Waals surface area contributed by atoms with Gasteiger partial charge in [-0.3, -0.25) is 4.79 Å². The van der Waals surface area contributed by atoms with Crippen LogP contribution < -0.4 is 11.2 Å². The summed E-state index contributed by atoms with van der Waals surface area (Å²) in [5.41, 5.74) is 0.413. The van der Waals surface area contributed by atoms with Crippen molar-refractivity contribution in [3.63, 3.8) is 0 Å². The van der Waals surface area contributed by atoms with Gasteiger partial charge in [0.25, 0.3) is 5.56 Å². The Hall–Kier alpha value is -3.48. The number of ether oxygens (including phenoxy) is 1. The molecule has 0 saturated carbocycles. The van der Waals surface area contributed by atoms with Crippen LogP contribution in [0.15, 0.2) is 68.8 Å². The van der Waals surface area contributed by atoms with E-state index in [1.54, 1.807) is 29.8 Å². The van der Waals surface area contributed by atoms with Crippen LogP contribution in [0.1, 0.15) is 39.0 Å². The number of esters is 1. The standard InChI is InChI=1S/C25H26FNO5/c1-17(2)24(29)31-12-7-5-3-4-6-11-27-16-19-14-21(18-9-8-10-20(26)13-18)25(30)32-22(19)15-23(27)28/h8-10,13-16H,1,3-7,11-12H2,2H3. The highest BCUT2D eigenvalue weighted by Gasteiger charge is 2.10. The first kappa shape index (κ1) is 23.2. The molecule has 1 aromatic carbocycles. The number of nitrogens with zero attached hydrogens (tertiary/aromatic N) is 1. The highest BCUT2D eigenvalue weighted by molar-refractivity contribution is 5.86. The Labute approximate surface area is 184 Å². The van der Waals surface area contributed by atoms with Crippen molar-refractivity contribution < 1.29 is 18.3 Å². The maximum absolute atomic E-state index is 13.6. The molecule has 0 radical (unpaired) electrons. The Bertz CT molecular complexity index is 1240. The van der Waals surface area contributed by atoms with Crippen LogP contribution in [0.2, 0.25) is 0 Å². The van der Waals surface area contributed by atoms with Gasteiger partial charge in [-0.15, -0.1) is 0 Å². The van der Waals surface area contributed by atoms with E-state index in [2.05, 4.69) is 6.58 Å². The van der Waals surface area contributed by atoms with Crippen molar-refractivity contribution in [1.82, 2.24) is 4.57 Å². The molecule has 6 nitrogen and oxygen atoms in total. The van der Waals surface area contributed by atoms with Crippen molar-refractivity contribution in [3.8, 4) is 11.1 Å². The van der Waals surface area contributed by atoms with Gasteiger partial charge in [-0.05, 0) is 43.5 Å². The molecule has 168 valence electrons. The van der Waals surface area contributed by atoms with Gasteiger partial charge in [0, 0.05) is 29.8 Å². The van der Waals surface area contributed by atoms with E-state index in [-0.39, 0.29) is 22.7 Å². The summed E-state index contributed by atoms with van der Waals surface area (Å²) in [6.45, 7) is 6.08. The second kappa shape index (κ2) is 10.7. The first-order valence-corrected chi connectivity index (χ1v) is 10.6. The van der Waals surface area contributed by atoms with Gasteiger partial charge in [0.2, 0.25) is 0 Å². The van der Waals surface area contributed by atoms with Gasteiger partial charge < -0.3 is 13.7 Å². The van der Waals surface area contributed by atoms with Crippen LogP contribution in [-0.2, 0) is 16.1 Å². The average molecular weight is 439 g/mol. The fraction of sp³-hybridized carbons (Fsp3) is 0.320. The lowest BCUT2D eigenvalue weighted by Gasteiger charge is -2.08. The topological polar surface area (TPSA) is 78.5 Å². The number of hydrogen-bond acceptors (Lipinski definition) is 5. The van der Waals surface area contributed by atoms with E-state index in [0.717, 1.165) is 32.1 Å². The molecular formula is C25H26FNO5.